The zero-order valence-electron chi connectivity index (χ0n) is 12.6. The van der Waals surface area contributed by atoms with Gasteiger partial charge in [-0.25, -0.2) is 4.98 Å². The van der Waals surface area contributed by atoms with E-state index in [1.54, 1.807) is 17.2 Å². The summed E-state index contributed by atoms with van der Waals surface area (Å²) in [6.45, 7) is 0. The number of nitrogens with zero attached hydrogens (tertiary/aromatic N) is 2. The largest absolute Gasteiger partial charge is 0.467 e. The lowest BCUT2D eigenvalue weighted by Gasteiger charge is -2.19. The van der Waals surface area contributed by atoms with Crippen molar-refractivity contribution in [3.8, 4) is 17.2 Å². The second-order valence-electron chi connectivity index (χ2n) is 5.99. The van der Waals surface area contributed by atoms with Gasteiger partial charge in [-0.1, -0.05) is 0 Å². The topological polar surface area (TPSA) is 80.5 Å². The molecule has 1 N–H and O–H groups in total. The van der Waals surface area contributed by atoms with E-state index >= 15 is 0 Å². The fraction of sp³-hybridized carbons (Fsp3) is 0.235. The first-order valence-corrected chi connectivity index (χ1v) is 7.73. The van der Waals surface area contributed by atoms with Crippen LogP contribution in [0, 0.1) is 0 Å². The molecule has 1 aromatic heterocycles. The molecular weight excluding hydrogens is 310 g/mol. The van der Waals surface area contributed by atoms with E-state index in [1.165, 1.54) is 0 Å². The molecule has 2 unspecified atom stereocenters. The SMILES string of the molecule is O=CN1C2Oc3ccc(Oc4ccnc5c4CCC(=O)N5)cc3C21. The van der Waals surface area contributed by atoms with Crippen molar-refractivity contribution < 1.29 is 19.1 Å². The zero-order valence-corrected chi connectivity index (χ0v) is 12.6. The van der Waals surface area contributed by atoms with Crippen molar-refractivity contribution in [1.29, 1.82) is 0 Å². The van der Waals surface area contributed by atoms with Gasteiger partial charge in [-0.05, 0) is 30.7 Å². The van der Waals surface area contributed by atoms with Gasteiger partial charge in [0.25, 0.3) is 0 Å². The van der Waals surface area contributed by atoms with Crippen molar-refractivity contribution >= 4 is 18.1 Å². The smallest absolute Gasteiger partial charge is 0.225 e. The van der Waals surface area contributed by atoms with Crippen molar-refractivity contribution in [2.24, 2.45) is 0 Å². The first-order chi connectivity index (χ1) is 11.7. The number of benzene rings is 1. The number of nitrogens with one attached hydrogen (secondary N) is 1. The van der Waals surface area contributed by atoms with Gasteiger partial charge in [-0.2, -0.15) is 0 Å². The highest BCUT2D eigenvalue weighted by Crippen LogP contribution is 2.53. The van der Waals surface area contributed by atoms with Gasteiger partial charge in [0.15, 0.2) is 6.23 Å². The molecule has 2 aromatic rings. The Labute approximate surface area is 137 Å². The number of ether oxygens (including phenoxy) is 2. The molecule has 1 aromatic carbocycles. The Morgan fingerprint density at radius 1 is 1.33 bits per heavy atom. The van der Waals surface area contributed by atoms with Crippen molar-refractivity contribution in [2.45, 2.75) is 25.1 Å². The Morgan fingerprint density at radius 3 is 3.12 bits per heavy atom. The highest BCUT2D eigenvalue weighted by molar-refractivity contribution is 5.93. The number of anilines is 1. The molecule has 2 atom stereocenters. The van der Waals surface area contributed by atoms with Crippen LogP contribution < -0.4 is 14.8 Å². The lowest BCUT2D eigenvalue weighted by molar-refractivity contribution is -0.116. The van der Waals surface area contributed by atoms with Crippen LogP contribution in [-0.4, -0.2) is 28.4 Å². The van der Waals surface area contributed by atoms with Crippen LogP contribution in [0.3, 0.4) is 0 Å². The molecule has 5 rings (SSSR count). The summed E-state index contributed by atoms with van der Waals surface area (Å²) in [7, 11) is 0. The van der Waals surface area contributed by atoms with Crippen LogP contribution in [0.15, 0.2) is 30.5 Å². The van der Waals surface area contributed by atoms with E-state index < -0.39 is 0 Å². The number of rotatable bonds is 3. The van der Waals surface area contributed by atoms with E-state index in [2.05, 4.69) is 10.3 Å². The summed E-state index contributed by atoms with van der Waals surface area (Å²) < 4.78 is 11.7. The van der Waals surface area contributed by atoms with Gasteiger partial charge < -0.3 is 14.8 Å². The standard InChI is InChI=1S/C17H13N3O4/c21-8-20-15-11-7-9(1-3-12(11)24-17(15)20)23-13-5-6-18-16-10(13)2-4-14(22)19-16/h1,3,5-8,15,17H,2,4H2,(H,18,19,22). The molecule has 24 heavy (non-hydrogen) atoms. The summed E-state index contributed by atoms with van der Waals surface area (Å²) in [5, 5.41) is 2.76. The van der Waals surface area contributed by atoms with Gasteiger partial charge in [-0.3, -0.25) is 14.5 Å². The van der Waals surface area contributed by atoms with Gasteiger partial charge in [0.1, 0.15) is 29.1 Å². The third-order valence-electron chi connectivity index (χ3n) is 4.57. The van der Waals surface area contributed by atoms with Crippen LogP contribution in [0.25, 0.3) is 0 Å². The first-order valence-electron chi connectivity index (χ1n) is 7.73. The van der Waals surface area contributed by atoms with Crippen LogP contribution in [0.5, 0.6) is 17.2 Å². The number of aromatic nitrogens is 1. The fourth-order valence-corrected chi connectivity index (χ4v) is 3.33. The average Bonchev–Trinajstić information content (AvgIpc) is 3.16. The molecule has 0 aliphatic carbocycles. The molecule has 4 heterocycles. The maximum Gasteiger partial charge on any atom is 0.225 e. The zero-order chi connectivity index (χ0) is 16.3. The molecular formula is C17H13N3O4. The minimum Gasteiger partial charge on any atom is -0.467 e. The molecule has 0 spiro atoms. The normalized spacial score (nSPS) is 22.7. The highest BCUT2D eigenvalue weighted by atomic mass is 16.5. The molecule has 7 nitrogen and oxygen atoms in total. The number of hydrogen-bond acceptors (Lipinski definition) is 5. The molecule has 3 aliphatic heterocycles. The molecule has 7 heteroatoms. The summed E-state index contributed by atoms with van der Waals surface area (Å²) >= 11 is 0. The summed E-state index contributed by atoms with van der Waals surface area (Å²) in [5.74, 6) is 2.66. The Kier molecular flexibility index (Phi) is 2.62. The van der Waals surface area contributed by atoms with Gasteiger partial charge in [0.05, 0.1) is 0 Å². The van der Waals surface area contributed by atoms with E-state index in [-0.39, 0.29) is 18.2 Å². The molecule has 0 bridgehead atoms. The van der Waals surface area contributed by atoms with Crippen molar-refractivity contribution in [2.75, 3.05) is 5.32 Å². The number of carbonyl (C=O) groups is 2. The highest BCUT2D eigenvalue weighted by Gasteiger charge is 2.56. The minimum atomic E-state index is -0.170. The van der Waals surface area contributed by atoms with E-state index in [4.69, 9.17) is 9.47 Å². The molecule has 120 valence electrons. The van der Waals surface area contributed by atoms with Gasteiger partial charge in [0, 0.05) is 23.7 Å². The Bertz CT molecular complexity index is 882. The van der Waals surface area contributed by atoms with Crippen LogP contribution >= 0.6 is 0 Å². The molecule has 0 saturated carbocycles. The van der Waals surface area contributed by atoms with Crippen LogP contribution in [0.4, 0.5) is 5.82 Å². The molecule has 1 fully saturated rings. The Hall–Kier alpha value is -3.09. The maximum atomic E-state index is 11.5. The number of amides is 2. The first kappa shape index (κ1) is 13.4. The second kappa shape index (κ2) is 4.70. The minimum absolute atomic E-state index is 0.00769. The van der Waals surface area contributed by atoms with E-state index in [0.29, 0.717) is 30.2 Å². The number of pyridine rings is 1. The predicted molar refractivity (Wildman–Crippen MR) is 82.8 cm³/mol. The average molecular weight is 323 g/mol. The summed E-state index contributed by atoms with van der Waals surface area (Å²) in [6, 6.07) is 7.37. The quantitative estimate of drug-likeness (QED) is 0.690. The third-order valence-corrected chi connectivity index (χ3v) is 4.57. The Morgan fingerprint density at radius 2 is 2.25 bits per heavy atom. The van der Waals surface area contributed by atoms with Crippen LogP contribution in [0.2, 0.25) is 0 Å². The van der Waals surface area contributed by atoms with Crippen molar-refractivity contribution in [3.05, 3.63) is 41.6 Å². The van der Waals surface area contributed by atoms with E-state index in [0.717, 1.165) is 23.3 Å². The van der Waals surface area contributed by atoms with Gasteiger partial charge >= 0.3 is 0 Å². The Balaban J connectivity index is 1.46. The second-order valence-corrected chi connectivity index (χ2v) is 5.99. The van der Waals surface area contributed by atoms with E-state index in [9.17, 15) is 9.59 Å². The lowest BCUT2D eigenvalue weighted by atomic mass is 10.1. The third kappa shape index (κ3) is 1.87. The molecule has 3 aliphatic rings. The van der Waals surface area contributed by atoms with Crippen LogP contribution in [0.1, 0.15) is 23.6 Å². The van der Waals surface area contributed by atoms with E-state index in [1.807, 2.05) is 18.2 Å². The van der Waals surface area contributed by atoms with Crippen LogP contribution in [-0.2, 0) is 16.0 Å². The lowest BCUT2D eigenvalue weighted by Crippen LogP contribution is -2.20. The molecule has 2 amide bonds. The predicted octanol–water partition coefficient (Wildman–Crippen LogP) is 1.99. The van der Waals surface area contributed by atoms with Gasteiger partial charge in [0.2, 0.25) is 12.3 Å². The van der Waals surface area contributed by atoms with Crippen molar-refractivity contribution in [1.82, 2.24) is 9.88 Å². The summed E-state index contributed by atoms with van der Waals surface area (Å²) in [6.07, 6.45) is 3.26. The molecule has 1 saturated heterocycles. The number of fused-ring (bicyclic) bond motifs is 4. The molecule has 0 radical (unpaired) electrons. The number of carbonyl (C=O) groups excluding carboxylic acids is 2. The summed E-state index contributed by atoms with van der Waals surface area (Å²) in [5.41, 5.74) is 1.86. The van der Waals surface area contributed by atoms with Gasteiger partial charge in [-0.15, -0.1) is 0 Å². The fourth-order valence-electron chi connectivity index (χ4n) is 3.33. The van der Waals surface area contributed by atoms with Crippen molar-refractivity contribution in [3.63, 3.8) is 0 Å². The maximum absolute atomic E-state index is 11.5. The summed E-state index contributed by atoms with van der Waals surface area (Å²) in [4.78, 5) is 28.2. The monoisotopic (exact) mass is 323 g/mol. The number of hydrogen-bond donors (Lipinski definition) is 1.